The molecule has 0 aromatic rings. The number of nitrogens with one attached hydrogen (secondary N) is 2. The van der Waals surface area contributed by atoms with Crippen molar-refractivity contribution < 1.29 is 14.3 Å². The molecule has 1 saturated carbocycles. The summed E-state index contributed by atoms with van der Waals surface area (Å²) in [5.74, 6) is 0.153. The lowest BCUT2D eigenvalue weighted by atomic mass is 10.4. The summed E-state index contributed by atoms with van der Waals surface area (Å²) in [6.45, 7) is 1.11. The average molecular weight is 237 g/mol. The van der Waals surface area contributed by atoms with E-state index in [0.717, 1.165) is 12.5 Å². The first-order valence-corrected chi connectivity index (χ1v) is 4.76. The molecule has 0 bridgehead atoms. The van der Waals surface area contributed by atoms with Gasteiger partial charge in [0.2, 0.25) is 5.91 Å². The molecule has 0 heterocycles. The Morgan fingerprint density at radius 2 is 2.00 bits per heavy atom. The fourth-order valence-electron chi connectivity index (χ4n) is 1.02. The Balaban J connectivity index is 0.00000196. The minimum Gasteiger partial charge on any atom is -0.468 e. The normalized spacial score (nSPS) is 13.9. The first-order valence-electron chi connectivity index (χ1n) is 4.76. The van der Waals surface area contributed by atoms with Crippen LogP contribution in [-0.4, -0.2) is 38.6 Å². The van der Waals surface area contributed by atoms with Crippen LogP contribution < -0.4 is 10.6 Å². The predicted molar refractivity (Wildman–Crippen MR) is 57.9 cm³/mol. The van der Waals surface area contributed by atoms with Gasteiger partial charge < -0.3 is 15.4 Å². The molecule has 0 aliphatic heterocycles. The van der Waals surface area contributed by atoms with Crippen molar-refractivity contribution in [1.29, 1.82) is 0 Å². The lowest BCUT2D eigenvalue weighted by molar-refractivity contribution is -0.141. The number of carbonyl (C=O) groups is 2. The zero-order chi connectivity index (χ0) is 10.4. The van der Waals surface area contributed by atoms with Gasteiger partial charge in [0.15, 0.2) is 0 Å². The van der Waals surface area contributed by atoms with Gasteiger partial charge in [0, 0.05) is 0 Å². The topological polar surface area (TPSA) is 67.4 Å². The maximum Gasteiger partial charge on any atom is 0.325 e. The molecule has 1 aliphatic rings. The summed E-state index contributed by atoms with van der Waals surface area (Å²) in [6.07, 6.45) is 2.52. The molecule has 0 aromatic heterocycles. The van der Waals surface area contributed by atoms with Gasteiger partial charge in [-0.15, -0.1) is 12.4 Å². The van der Waals surface area contributed by atoms with Gasteiger partial charge >= 0.3 is 5.97 Å². The van der Waals surface area contributed by atoms with Crippen LogP contribution in [0.3, 0.4) is 0 Å². The molecule has 6 heteroatoms. The molecule has 0 radical (unpaired) electrons. The quantitative estimate of drug-likeness (QED) is 0.622. The van der Waals surface area contributed by atoms with Crippen LogP contribution in [0.15, 0.2) is 0 Å². The molecule has 1 fully saturated rings. The van der Waals surface area contributed by atoms with Gasteiger partial charge in [0.1, 0.15) is 6.54 Å². The van der Waals surface area contributed by atoms with E-state index in [9.17, 15) is 9.59 Å². The van der Waals surface area contributed by atoms with Crippen LogP contribution in [0.25, 0.3) is 0 Å². The Bertz CT molecular complexity index is 219. The van der Waals surface area contributed by atoms with E-state index >= 15 is 0 Å². The Morgan fingerprint density at radius 1 is 1.33 bits per heavy atom. The van der Waals surface area contributed by atoms with E-state index in [2.05, 4.69) is 15.4 Å². The Kier molecular flexibility index (Phi) is 7.07. The third-order valence-electron chi connectivity index (χ3n) is 2.07. The van der Waals surface area contributed by atoms with E-state index in [4.69, 9.17) is 0 Å². The molecule has 2 N–H and O–H groups in total. The largest absolute Gasteiger partial charge is 0.468 e. The summed E-state index contributed by atoms with van der Waals surface area (Å²) in [6, 6.07) is 0. The van der Waals surface area contributed by atoms with Gasteiger partial charge in [-0.05, 0) is 25.3 Å². The highest BCUT2D eigenvalue weighted by Gasteiger charge is 2.20. The lowest BCUT2D eigenvalue weighted by Gasteiger charge is -2.04. The van der Waals surface area contributed by atoms with E-state index in [1.807, 2.05) is 0 Å². The smallest absolute Gasteiger partial charge is 0.325 e. The molecular formula is C9H17ClN2O3. The molecule has 0 spiro atoms. The third kappa shape index (κ3) is 7.16. The molecule has 1 amide bonds. The van der Waals surface area contributed by atoms with Crippen molar-refractivity contribution in [3.8, 4) is 0 Å². The number of hydrogen-bond acceptors (Lipinski definition) is 4. The van der Waals surface area contributed by atoms with Crippen LogP contribution in [0.1, 0.15) is 12.8 Å². The minimum absolute atomic E-state index is 0. The van der Waals surface area contributed by atoms with Crippen molar-refractivity contribution in [2.24, 2.45) is 5.92 Å². The number of carbonyl (C=O) groups excluding carboxylic acids is 2. The van der Waals surface area contributed by atoms with Gasteiger partial charge in [-0.2, -0.15) is 0 Å². The summed E-state index contributed by atoms with van der Waals surface area (Å²) in [7, 11) is 1.29. The Morgan fingerprint density at radius 3 is 2.53 bits per heavy atom. The van der Waals surface area contributed by atoms with Crippen LogP contribution in [0, 0.1) is 5.92 Å². The summed E-state index contributed by atoms with van der Waals surface area (Å²) in [5, 5.41) is 5.48. The molecule has 5 nitrogen and oxygen atoms in total. The first kappa shape index (κ1) is 14.2. The number of esters is 1. The fourth-order valence-corrected chi connectivity index (χ4v) is 1.02. The van der Waals surface area contributed by atoms with E-state index < -0.39 is 5.97 Å². The fraction of sp³-hybridized carbons (Fsp3) is 0.778. The van der Waals surface area contributed by atoms with Gasteiger partial charge in [-0.3, -0.25) is 9.59 Å². The third-order valence-corrected chi connectivity index (χ3v) is 2.07. The van der Waals surface area contributed by atoms with Crippen LogP contribution >= 0.6 is 12.4 Å². The molecule has 88 valence electrons. The monoisotopic (exact) mass is 236 g/mol. The Labute approximate surface area is 95.3 Å². The highest BCUT2D eigenvalue weighted by Crippen LogP contribution is 2.27. The highest BCUT2D eigenvalue weighted by molar-refractivity contribution is 5.85. The molecule has 0 saturated heterocycles. The second-order valence-electron chi connectivity index (χ2n) is 3.43. The Hall–Kier alpha value is -0.810. The van der Waals surface area contributed by atoms with Crippen molar-refractivity contribution in [2.45, 2.75) is 12.8 Å². The lowest BCUT2D eigenvalue weighted by Crippen LogP contribution is -2.37. The van der Waals surface area contributed by atoms with Crippen LogP contribution in [0.2, 0.25) is 0 Å². The number of hydrogen-bond donors (Lipinski definition) is 2. The predicted octanol–water partition coefficient (Wildman–Crippen LogP) is -0.303. The van der Waals surface area contributed by atoms with Crippen LogP contribution in [0.4, 0.5) is 0 Å². The average Bonchev–Trinajstić information content (AvgIpc) is 2.98. The molecule has 0 unspecified atom stereocenters. The summed E-state index contributed by atoms with van der Waals surface area (Å²) < 4.78 is 4.38. The van der Waals surface area contributed by atoms with Gasteiger partial charge in [0.25, 0.3) is 0 Å². The van der Waals surface area contributed by atoms with E-state index in [-0.39, 0.29) is 31.4 Å². The molecular weight excluding hydrogens is 220 g/mol. The number of rotatable bonds is 6. The van der Waals surface area contributed by atoms with Gasteiger partial charge in [-0.1, -0.05) is 0 Å². The number of ether oxygens (including phenoxy) is 1. The molecule has 0 atom stereocenters. The molecule has 15 heavy (non-hydrogen) atoms. The van der Waals surface area contributed by atoms with Crippen LogP contribution in [0.5, 0.6) is 0 Å². The summed E-state index contributed by atoms with van der Waals surface area (Å²) >= 11 is 0. The van der Waals surface area contributed by atoms with Crippen molar-refractivity contribution >= 4 is 24.3 Å². The van der Waals surface area contributed by atoms with Crippen molar-refractivity contribution in [3.05, 3.63) is 0 Å². The molecule has 0 aromatic carbocycles. The van der Waals surface area contributed by atoms with E-state index in [1.54, 1.807) is 0 Å². The number of amides is 1. The zero-order valence-electron chi connectivity index (χ0n) is 8.75. The van der Waals surface area contributed by atoms with Gasteiger partial charge in [-0.25, -0.2) is 0 Å². The maximum atomic E-state index is 11.1. The second kappa shape index (κ2) is 7.48. The van der Waals surface area contributed by atoms with Crippen molar-refractivity contribution in [3.63, 3.8) is 0 Å². The second-order valence-corrected chi connectivity index (χ2v) is 3.43. The number of halogens is 1. The molecule has 1 aliphatic carbocycles. The summed E-state index contributed by atoms with van der Waals surface area (Å²) in [5.41, 5.74) is 0. The minimum atomic E-state index is -0.430. The standard InChI is InChI=1S/C9H16N2O3.ClH/c1-14-9(13)6-11-8(12)5-10-4-7-2-3-7;/h7,10H,2-6H2,1H3,(H,11,12);1H. The van der Waals surface area contributed by atoms with E-state index in [0.29, 0.717) is 0 Å². The number of methoxy groups -OCH3 is 1. The van der Waals surface area contributed by atoms with E-state index in [1.165, 1.54) is 20.0 Å². The van der Waals surface area contributed by atoms with Crippen LogP contribution in [-0.2, 0) is 14.3 Å². The highest BCUT2D eigenvalue weighted by atomic mass is 35.5. The van der Waals surface area contributed by atoms with Crippen molar-refractivity contribution in [1.82, 2.24) is 10.6 Å². The maximum absolute atomic E-state index is 11.1. The SMILES string of the molecule is COC(=O)CNC(=O)CNCC1CC1.Cl. The van der Waals surface area contributed by atoms with Gasteiger partial charge in [0.05, 0.1) is 13.7 Å². The van der Waals surface area contributed by atoms with Crippen molar-refractivity contribution in [2.75, 3.05) is 26.7 Å². The first-order chi connectivity index (χ1) is 6.72. The summed E-state index contributed by atoms with van der Waals surface area (Å²) in [4.78, 5) is 21.7. The molecule has 1 rings (SSSR count). The zero-order valence-corrected chi connectivity index (χ0v) is 9.56.